The van der Waals surface area contributed by atoms with Gasteiger partial charge in [0.1, 0.15) is 0 Å². The molecular formula is C10H21IN2O. The summed E-state index contributed by atoms with van der Waals surface area (Å²) in [5, 5.41) is 3.46. The zero-order valence-electron chi connectivity index (χ0n) is 8.97. The van der Waals surface area contributed by atoms with Gasteiger partial charge in [-0.1, -0.05) is 22.6 Å². The highest BCUT2D eigenvalue weighted by Gasteiger charge is 2.16. The number of rotatable bonds is 6. The zero-order valence-corrected chi connectivity index (χ0v) is 11.1. The summed E-state index contributed by atoms with van der Waals surface area (Å²) in [7, 11) is 2.16. The molecule has 1 unspecified atom stereocenters. The van der Waals surface area contributed by atoms with Crippen LogP contribution in [0.25, 0.3) is 0 Å². The number of hydrogen-bond donors (Lipinski definition) is 1. The van der Waals surface area contributed by atoms with Gasteiger partial charge >= 0.3 is 0 Å². The molecular weight excluding hydrogens is 291 g/mol. The quantitative estimate of drug-likeness (QED) is 0.452. The number of unbranched alkanes of at least 4 members (excludes halogenated alkanes) is 1. The molecule has 1 saturated heterocycles. The van der Waals surface area contributed by atoms with Gasteiger partial charge in [0.15, 0.2) is 0 Å². The van der Waals surface area contributed by atoms with E-state index in [1.54, 1.807) is 0 Å². The highest BCUT2D eigenvalue weighted by Crippen LogP contribution is 2.01. The molecule has 1 fully saturated rings. The Morgan fingerprint density at radius 3 is 3.07 bits per heavy atom. The maximum absolute atomic E-state index is 5.65. The Morgan fingerprint density at radius 1 is 1.50 bits per heavy atom. The van der Waals surface area contributed by atoms with Crippen molar-refractivity contribution in [2.24, 2.45) is 0 Å². The second-order valence-corrected chi connectivity index (χ2v) is 4.93. The van der Waals surface area contributed by atoms with Gasteiger partial charge in [-0.2, -0.15) is 0 Å². The third kappa shape index (κ3) is 5.48. The van der Waals surface area contributed by atoms with Crippen LogP contribution in [0.4, 0.5) is 0 Å². The number of ether oxygens (including phenoxy) is 1. The number of hydrogen-bond acceptors (Lipinski definition) is 3. The monoisotopic (exact) mass is 312 g/mol. The molecule has 1 aliphatic heterocycles. The van der Waals surface area contributed by atoms with E-state index in [9.17, 15) is 0 Å². The van der Waals surface area contributed by atoms with E-state index in [-0.39, 0.29) is 0 Å². The minimum absolute atomic E-state index is 0.397. The van der Waals surface area contributed by atoms with Crippen molar-refractivity contribution in [3.05, 3.63) is 0 Å². The van der Waals surface area contributed by atoms with Crippen molar-refractivity contribution in [2.45, 2.75) is 18.9 Å². The van der Waals surface area contributed by atoms with Crippen LogP contribution >= 0.6 is 22.6 Å². The van der Waals surface area contributed by atoms with E-state index in [1.165, 1.54) is 17.3 Å². The van der Waals surface area contributed by atoms with Crippen molar-refractivity contribution < 1.29 is 4.74 Å². The molecule has 0 spiro atoms. The van der Waals surface area contributed by atoms with E-state index >= 15 is 0 Å². The van der Waals surface area contributed by atoms with Crippen molar-refractivity contribution in [1.82, 2.24) is 10.2 Å². The molecule has 1 atom stereocenters. The first kappa shape index (κ1) is 12.7. The number of nitrogens with zero attached hydrogens (tertiary/aromatic N) is 1. The van der Waals surface area contributed by atoms with Crippen LogP contribution in [0.15, 0.2) is 0 Å². The van der Waals surface area contributed by atoms with Crippen LogP contribution in [0.3, 0.4) is 0 Å². The summed E-state index contributed by atoms with van der Waals surface area (Å²) in [6, 6.07) is 0. The molecule has 1 N–H and O–H groups in total. The molecule has 0 amide bonds. The number of nitrogens with one attached hydrogen (secondary N) is 1. The molecule has 1 rings (SSSR count). The first-order chi connectivity index (χ1) is 6.83. The molecule has 0 saturated carbocycles. The van der Waals surface area contributed by atoms with Gasteiger partial charge in [-0.25, -0.2) is 0 Å². The fourth-order valence-electron chi connectivity index (χ4n) is 1.60. The van der Waals surface area contributed by atoms with Crippen LogP contribution in [-0.4, -0.2) is 55.3 Å². The first-order valence-electron chi connectivity index (χ1n) is 5.39. The van der Waals surface area contributed by atoms with Gasteiger partial charge in [0, 0.05) is 19.6 Å². The SMILES string of the molecule is CN1CCOC(CNCCCCI)C1. The predicted molar refractivity (Wildman–Crippen MR) is 68.2 cm³/mol. The van der Waals surface area contributed by atoms with Gasteiger partial charge in [0.05, 0.1) is 12.7 Å². The fraction of sp³-hybridized carbons (Fsp3) is 1.00. The Bertz CT molecular complexity index is 146. The Kier molecular flexibility index (Phi) is 7.10. The molecule has 0 aromatic heterocycles. The van der Waals surface area contributed by atoms with Crippen molar-refractivity contribution in [3.8, 4) is 0 Å². The molecule has 1 aliphatic rings. The Morgan fingerprint density at radius 2 is 2.36 bits per heavy atom. The number of halogens is 1. The lowest BCUT2D eigenvalue weighted by Gasteiger charge is -2.30. The van der Waals surface area contributed by atoms with Crippen molar-refractivity contribution >= 4 is 22.6 Å². The van der Waals surface area contributed by atoms with Gasteiger partial charge in [-0.3, -0.25) is 0 Å². The summed E-state index contributed by atoms with van der Waals surface area (Å²) in [4.78, 5) is 2.33. The van der Waals surface area contributed by atoms with Crippen molar-refractivity contribution in [3.63, 3.8) is 0 Å². The smallest absolute Gasteiger partial charge is 0.0826 e. The van der Waals surface area contributed by atoms with E-state index < -0.39 is 0 Å². The molecule has 0 bridgehead atoms. The third-order valence-electron chi connectivity index (χ3n) is 2.45. The predicted octanol–water partition coefficient (Wildman–Crippen LogP) is 1.12. The van der Waals surface area contributed by atoms with Crippen molar-refractivity contribution in [1.29, 1.82) is 0 Å². The van der Waals surface area contributed by atoms with Crippen molar-refractivity contribution in [2.75, 3.05) is 44.3 Å². The van der Waals surface area contributed by atoms with E-state index in [2.05, 4.69) is 39.9 Å². The van der Waals surface area contributed by atoms with Gasteiger partial charge in [0.2, 0.25) is 0 Å². The standard InChI is InChI=1S/C10H21IN2O/c1-13-6-7-14-10(9-13)8-12-5-3-2-4-11/h10,12H,2-9H2,1H3. The molecule has 0 aliphatic carbocycles. The van der Waals surface area contributed by atoms with Gasteiger partial charge < -0.3 is 15.0 Å². The number of likely N-dealkylation sites (N-methyl/N-ethyl adjacent to an activating group) is 1. The first-order valence-corrected chi connectivity index (χ1v) is 6.92. The van der Waals surface area contributed by atoms with E-state index in [0.717, 1.165) is 32.8 Å². The van der Waals surface area contributed by atoms with Crippen LogP contribution in [0, 0.1) is 0 Å². The van der Waals surface area contributed by atoms with E-state index in [1.807, 2.05) is 0 Å². The zero-order chi connectivity index (χ0) is 10.2. The van der Waals surface area contributed by atoms with Gasteiger partial charge in [0.25, 0.3) is 0 Å². The Hall–Kier alpha value is 0.610. The summed E-state index contributed by atoms with van der Waals surface area (Å²) in [6.45, 7) is 5.17. The Labute approximate surface area is 101 Å². The molecule has 0 radical (unpaired) electrons. The minimum atomic E-state index is 0.397. The summed E-state index contributed by atoms with van der Waals surface area (Å²) < 4.78 is 6.92. The maximum atomic E-state index is 5.65. The van der Waals surface area contributed by atoms with Gasteiger partial charge in [-0.15, -0.1) is 0 Å². The second-order valence-electron chi connectivity index (χ2n) is 3.86. The topological polar surface area (TPSA) is 24.5 Å². The number of morpholine rings is 1. The lowest BCUT2D eigenvalue weighted by Crippen LogP contribution is -2.44. The van der Waals surface area contributed by atoms with E-state index in [0.29, 0.717) is 6.10 Å². The Balaban J connectivity index is 1.95. The average Bonchev–Trinajstić information content (AvgIpc) is 2.18. The third-order valence-corrected chi connectivity index (χ3v) is 3.21. The molecule has 3 nitrogen and oxygen atoms in total. The molecule has 0 aromatic carbocycles. The summed E-state index contributed by atoms with van der Waals surface area (Å²) in [5.41, 5.74) is 0. The summed E-state index contributed by atoms with van der Waals surface area (Å²) >= 11 is 2.43. The van der Waals surface area contributed by atoms with Crippen LogP contribution in [0.2, 0.25) is 0 Å². The lowest BCUT2D eigenvalue weighted by molar-refractivity contribution is -0.0180. The highest BCUT2D eigenvalue weighted by atomic mass is 127. The maximum Gasteiger partial charge on any atom is 0.0826 e. The largest absolute Gasteiger partial charge is 0.374 e. The number of alkyl halides is 1. The highest BCUT2D eigenvalue weighted by molar-refractivity contribution is 14.1. The molecule has 14 heavy (non-hydrogen) atoms. The summed E-state index contributed by atoms with van der Waals surface area (Å²) in [6.07, 6.45) is 3.00. The molecule has 0 aromatic rings. The molecule has 84 valence electrons. The second kappa shape index (κ2) is 7.84. The molecule has 4 heteroatoms. The normalized spacial score (nSPS) is 24.0. The fourth-order valence-corrected chi connectivity index (χ4v) is 2.14. The van der Waals surface area contributed by atoms with E-state index in [4.69, 9.17) is 4.74 Å². The van der Waals surface area contributed by atoms with Crippen LogP contribution < -0.4 is 5.32 Å². The minimum Gasteiger partial charge on any atom is -0.374 e. The van der Waals surface area contributed by atoms with Crippen LogP contribution in [0.1, 0.15) is 12.8 Å². The average molecular weight is 312 g/mol. The van der Waals surface area contributed by atoms with Crippen LogP contribution in [0.5, 0.6) is 0 Å². The molecule has 1 heterocycles. The summed E-state index contributed by atoms with van der Waals surface area (Å²) in [5.74, 6) is 0. The van der Waals surface area contributed by atoms with Crippen LogP contribution in [-0.2, 0) is 4.74 Å². The lowest BCUT2D eigenvalue weighted by atomic mass is 10.2. The van der Waals surface area contributed by atoms with Gasteiger partial charge in [-0.05, 0) is 30.9 Å².